The number of nitrogens with zero attached hydrogens (tertiary/aromatic N) is 1. The fraction of sp³-hybridized carbons (Fsp3) is 0.643. The van der Waals surface area contributed by atoms with Crippen LogP contribution in [0.25, 0.3) is 0 Å². The number of hydrogen-bond donors (Lipinski definition) is 1. The second-order valence-corrected chi connectivity index (χ2v) is 7.16. The molecule has 1 aliphatic carbocycles. The van der Waals surface area contributed by atoms with Crippen molar-refractivity contribution in [3.05, 3.63) is 21.3 Å². The molecular weight excluding hydrogens is 296 g/mol. The Morgan fingerprint density at radius 2 is 2.40 bits per heavy atom. The average molecular weight is 315 g/mol. The van der Waals surface area contributed by atoms with Crippen LogP contribution in [0.2, 0.25) is 4.34 Å². The highest BCUT2D eigenvalue weighted by Gasteiger charge is 2.36. The molecule has 0 bridgehead atoms. The normalized spacial score (nSPS) is 26.4. The Morgan fingerprint density at radius 3 is 3.20 bits per heavy atom. The zero-order valence-electron chi connectivity index (χ0n) is 11.3. The molecule has 2 fully saturated rings. The maximum atomic E-state index is 12.1. The van der Waals surface area contributed by atoms with Crippen molar-refractivity contribution in [1.82, 2.24) is 10.2 Å². The number of ether oxygens (including phenoxy) is 1. The van der Waals surface area contributed by atoms with Gasteiger partial charge in [0, 0.05) is 17.5 Å². The van der Waals surface area contributed by atoms with E-state index in [9.17, 15) is 4.79 Å². The third-order valence-electron chi connectivity index (χ3n) is 4.03. The Bertz CT molecular complexity index is 479. The Labute approximate surface area is 128 Å². The van der Waals surface area contributed by atoms with Gasteiger partial charge in [-0.15, -0.1) is 11.3 Å². The van der Waals surface area contributed by atoms with Crippen molar-refractivity contribution in [2.45, 2.75) is 38.0 Å². The average Bonchev–Trinajstić information content (AvgIpc) is 3.05. The van der Waals surface area contributed by atoms with Crippen LogP contribution >= 0.6 is 22.9 Å². The lowest BCUT2D eigenvalue weighted by molar-refractivity contribution is -0.126. The van der Waals surface area contributed by atoms with Gasteiger partial charge in [-0.25, -0.2) is 0 Å². The van der Waals surface area contributed by atoms with Crippen LogP contribution in [-0.2, 0) is 16.1 Å². The van der Waals surface area contributed by atoms with E-state index in [-0.39, 0.29) is 5.91 Å². The summed E-state index contributed by atoms with van der Waals surface area (Å²) in [4.78, 5) is 15.4. The van der Waals surface area contributed by atoms with Gasteiger partial charge in [-0.3, -0.25) is 9.69 Å². The molecule has 4 nitrogen and oxygen atoms in total. The molecule has 1 aromatic rings. The number of halogens is 1. The van der Waals surface area contributed by atoms with E-state index in [4.69, 9.17) is 16.3 Å². The van der Waals surface area contributed by atoms with Crippen LogP contribution in [0.3, 0.4) is 0 Å². The molecule has 1 aromatic heterocycles. The summed E-state index contributed by atoms with van der Waals surface area (Å²) in [6.07, 6.45) is 3.84. The number of carbonyl (C=O) groups is 1. The fourth-order valence-electron chi connectivity index (χ4n) is 3.07. The first kappa shape index (κ1) is 14.3. The Kier molecular flexibility index (Phi) is 4.61. The zero-order chi connectivity index (χ0) is 13.9. The van der Waals surface area contributed by atoms with Crippen LogP contribution in [0.1, 0.15) is 24.1 Å². The van der Waals surface area contributed by atoms with E-state index in [0.717, 1.165) is 35.2 Å². The molecule has 20 heavy (non-hydrogen) atoms. The molecule has 1 N–H and O–H groups in total. The van der Waals surface area contributed by atoms with Crippen molar-refractivity contribution in [3.63, 3.8) is 0 Å². The van der Waals surface area contributed by atoms with Gasteiger partial charge in [0.1, 0.15) is 0 Å². The van der Waals surface area contributed by atoms with E-state index in [1.165, 1.54) is 17.8 Å². The highest BCUT2D eigenvalue weighted by Crippen LogP contribution is 2.29. The molecule has 0 aromatic carbocycles. The summed E-state index contributed by atoms with van der Waals surface area (Å²) in [5.74, 6) is 0.0853. The minimum absolute atomic E-state index is 0.0853. The molecule has 2 aliphatic rings. The lowest BCUT2D eigenvalue weighted by atomic mass is 10.1. The number of hydrogen-bond acceptors (Lipinski definition) is 4. The number of rotatable bonds is 4. The fourth-order valence-corrected chi connectivity index (χ4v) is 4.10. The number of morpholine rings is 1. The van der Waals surface area contributed by atoms with Gasteiger partial charge < -0.3 is 10.1 Å². The minimum atomic E-state index is 0.0853. The van der Waals surface area contributed by atoms with Crippen molar-refractivity contribution in [3.8, 4) is 0 Å². The van der Waals surface area contributed by atoms with Crippen LogP contribution in [-0.4, -0.2) is 42.6 Å². The molecule has 1 aliphatic heterocycles. The predicted molar refractivity (Wildman–Crippen MR) is 80.1 cm³/mol. The van der Waals surface area contributed by atoms with E-state index >= 15 is 0 Å². The highest BCUT2D eigenvalue weighted by molar-refractivity contribution is 7.16. The zero-order valence-corrected chi connectivity index (χ0v) is 12.9. The number of amides is 1. The van der Waals surface area contributed by atoms with E-state index in [2.05, 4.69) is 10.2 Å². The first-order valence-electron chi connectivity index (χ1n) is 7.09. The van der Waals surface area contributed by atoms with E-state index in [1.54, 1.807) is 0 Å². The van der Waals surface area contributed by atoms with Crippen molar-refractivity contribution in [1.29, 1.82) is 0 Å². The molecule has 1 saturated heterocycles. The van der Waals surface area contributed by atoms with Gasteiger partial charge >= 0.3 is 0 Å². The van der Waals surface area contributed by atoms with Gasteiger partial charge in [-0.05, 0) is 31.4 Å². The summed E-state index contributed by atoms with van der Waals surface area (Å²) in [5, 5.41) is 2.97. The van der Waals surface area contributed by atoms with Gasteiger partial charge in [-0.1, -0.05) is 11.6 Å². The lowest BCUT2D eigenvalue weighted by Crippen LogP contribution is -2.51. The molecule has 1 saturated carbocycles. The Morgan fingerprint density at radius 1 is 1.50 bits per heavy atom. The molecular formula is C14H19ClN2O2S. The summed E-state index contributed by atoms with van der Waals surface area (Å²) in [6, 6.07) is 4.25. The number of carbonyl (C=O) groups excluding carboxylic acids is 1. The molecule has 2 atom stereocenters. The molecule has 110 valence electrons. The van der Waals surface area contributed by atoms with Gasteiger partial charge in [0.25, 0.3) is 0 Å². The van der Waals surface area contributed by atoms with Crippen LogP contribution in [0.15, 0.2) is 12.1 Å². The topological polar surface area (TPSA) is 41.6 Å². The number of thiophene rings is 1. The third-order valence-corrected chi connectivity index (χ3v) is 5.26. The quantitative estimate of drug-likeness (QED) is 0.927. The van der Waals surface area contributed by atoms with Gasteiger partial charge in [0.15, 0.2) is 0 Å². The first-order chi connectivity index (χ1) is 9.72. The molecule has 0 spiro atoms. The first-order valence-corrected chi connectivity index (χ1v) is 8.28. The summed E-state index contributed by atoms with van der Waals surface area (Å²) in [5.41, 5.74) is 0. The maximum absolute atomic E-state index is 12.1. The van der Waals surface area contributed by atoms with E-state index in [0.29, 0.717) is 25.2 Å². The summed E-state index contributed by atoms with van der Waals surface area (Å²) >= 11 is 7.38. The third kappa shape index (κ3) is 3.34. The largest absolute Gasteiger partial charge is 0.375 e. The van der Waals surface area contributed by atoms with Crippen LogP contribution < -0.4 is 5.32 Å². The molecule has 2 heterocycles. The van der Waals surface area contributed by atoms with Gasteiger partial charge in [-0.2, -0.15) is 0 Å². The highest BCUT2D eigenvalue weighted by atomic mass is 35.5. The summed E-state index contributed by atoms with van der Waals surface area (Å²) in [7, 11) is 0. The minimum Gasteiger partial charge on any atom is -0.375 e. The maximum Gasteiger partial charge on any atom is 0.234 e. The van der Waals surface area contributed by atoms with Crippen LogP contribution in [0.5, 0.6) is 0 Å². The van der Waals surface area contributed by atoms with Crippen LogP contribution in [0.4, 0.5) is 0 Å². The number of fused-ring (bicyclic) bond motifs is 1. The van der Waals surface area contributed by atoms with Crippen molar-refractivity contribution >= 4 is 28.8 Å². The molecule has 6 heteroatoms. The van der Waals surface area contributed by atoms with Crippen molar-refractivity contribution < 1.29 is 9.53 Å². The molecule has 3 rings (SSSR count). The smallest absolute Gasteiger partial charge is 0.234 e. The Balaban J connectivity index is 1.48. The second-order valence-electron chi connectivity index (χ2n) is 5.36. The second kappa shape index (κ2) is 6.43. The molecule has 0 unspecified atom stereocenters. The Hall–Kier alpha value is -0.620. The molecule has 0 radical (unpaired) electrons. The lowest BCUT2D eigenvalue weighted by Gasteiger charge is -2.37. The summed E-state index contributed by atoms with van der Waals surface area (Å²) in [6.45, 7) is 2.65. The monoisotopic (exact) mass is 314 g/mol. The van der Waals surface area contributed by atoms with Crippen LogP contribution in [0, 0.1) is 0 Å². The SMILES string of the molecule is O=C(CN1CCO[C@H]2CCC[C@@H]21)NCc1ccc(Cl)s1. The van der Waals surface area contributed by atoms with E-state index in [1.807, 2.05) is 12.1 Å². The van der Waals surface area contributed by atoms with Gasteiger partial charge in [0.05, 0.1) is 30.1 Å². The predicted octanol–water partition coefficient (Wildman–Crippen LogP) is 2.27. The number of nitrogens with one attached hydrogen (secondary N) is 1. The molecule has 1 amide bonds. The van der Waals surface area contributed by atoms with E-state index < -0.39 is 0 Å². The summed E-state index contributed by atoms with van der Waals surface area (Å²) < 4.78 is 6.52. The van der Waals surface area contributed by atoms with Crippen molar-refractivity contribution in [2.24, 2.45) is 0 Å². The van der Waals surface area contributed by atoms with Crippen molar-refractivity contribution in [2.75, 3.05) is 19.7 Å². The van der Waals surface area contributed by atoms with Gasteiger partial charge in [0.2, 0.25) is 5.91 Å². The standard InChI is InChI=1S/C14H19ClN2O2S/c15-13-5-4-10(20-13)8-16-14(18)9-17-6-7-19-12-3-1-2-11(12)17/h4-5,11-12H,1-3,6-9H2,(H,16,18)/t11-,12-/m0/s1.